The monoisotopic (exact) mass is 585 g/mol. The number of aliphatic hydroxyl groups excluding tert-OH is 1. The van der Waals surface area contributed by atoms with E-state index in [4.69, 9.17) is 15.2 Å². The molecular weight excluding hydrogens is 545 g/mol. The van der Waals surface area contributed by atoms with Crippen LogP contribution in [-0.2, 0) is 25.5 Å². The molecule has 43 heavy (non-hydrogen) atoms. The van der Waals surface area contributed by atoms with Crippen LogP contribution < -0.4 is 5.73 Å². The molecule has 4 fully saturated rings. The van der Waals surface area contributed by atoms with Gasteiger partial charge in [0.2, 0.25) is 0 Å². The topological polar surface area (TPSA) is 98.9 Å². The van der Waals surface area contributed by atoms with E-state index >= 15 is 4.39 Å². The summed E-state index contributed by atoms with van der Waals surface area (Å²) in [5.41, 5.74) is 7.33. The minimum Gasteiger partial charge on any atom is -0.399 e. The lowest BCUT2D eigenvalue weighted by atomic mass is 9.46. The van der Waals surface area contributed by atoms with Gasteiger partial charge in [-0.25, -0.2) is 4.39 Å². The third-order valence-corrected chi connectivity index (χ3v) is 11.7. The minimum absolute atomic E-state index is 0.00214. The third kappa shape index (κ3) is 4.08. The number of rotatable bonds is 5. The predicted molar refractivity (Wildman–Crippen MR) is 160 cm³/mol. The number of anilines is 1. The van der Waals surface area contributed by atoms with E-state index in [1.165, 1.54) is 6.07 Å². The molecule has 2 aromatic rings. The number of hydrogen-bond acceptors (Lipinski definition) is 6. The van der Waals surface area contributed by atoms with Gasteiger partial charge in [-0.3, -0.25) is 9.59 Å². The zero-order chi connectivity index (χ0) is 30.3. The lowest BCUT2D eigenvalue weighted by molar-refractivity contribution is -0.200. The lowest BCUT2D eigenvalue weighted by Gasteiger charge is -2.59. The fraction of sp³-hybridized carbons (Fsp3) is 0.500. The van der Waals surface area contributed by atoms with Crippen molar-refractivity contribution >= 4 is 17.3 Å². The number of carbonyl (C=O) groups excluding carboxylic acids is 2. The predicted octanol–water partition coefficient (Wildman–Crippen LogP) is 6.02. The maximum absolute atomic E-state index is 15.7. The van der Waals surface area contributed by atoms with E-state index in [0.29, 0.717) is 24.9 Å². The summed E-state index contributed by atoms with van der Waals surface area (Å²) in [6, 6.07) is 12.6. The Morgan fingerprint density at radius 2 is 1.88 bits per heavy atom. The molecule has 0 radical (unpaired) electrons. The molecule has 2 unspecified atom stereocenters. The maximum Gasteiger partial charge on any atom is 0.188 e. The van der Waals surface area contributed by atoms with Crippen LogP contribution in [0.3, 0.4) is 0 Å². The van der Waals surface area contributed by atoms with Gasteiger partial charge in [-0.05, 0) is 85.4 Å². The van der Waals surface area contributed by atoms with Gasteiger partial charge in [0.05, 0.1) is 12.2 Å². The second kappa shape index (κ2) is 9.94. The lowest BCUT2D eigenvalue weighted by Crippen LogP contribution is -2.62. The van der Waals surface area contributed by atoms with Crippen LogP contribution in [0.15, 0.2) is 66.3 Å². The first-order valence-electron chi connectivity index (χ1n) is 15.6. The van der Waals surface area contributed by atoms with Crippen LogP contribution in [0, 0.1) is 34.4 Å². The number of hydrogen-bond donors (Lipinski definition) is 2. The largest absolute Gasteiger partial charge is 0.399 e. The first-order valence-corrected chi connectivity index (χ1v) is 15.6. The normalized spacial score (nSPS) is 39.5. The van der Waals surface area contributed by atoms with Crippen molar-refractivity contribution in [3.8, 4) is 0 Å². The summed E-state index contributed by atoms with van der Waals surface area (Å²) in [7, 11) is 0. The number of benzene rings is 2. The number of Topliss-reactive ketones (excluding diaryl/α,β-unsaturated/α-hetero) is 1. The molecule has 0 spiro atoms. The molecule has 2 aromatic carbocycles. The van der Waals surface area contributed by atoms with Crippen molar-refractivity contribution in [1.82, 2.24) is 0 Å². The van der Waals surface area contributed by atoms with Gasteiger partial charge >= 0.3 is 0 Å². The van der Waals surface area contributed by atoms with Crippen LogP contribution in [-0.4, -0.2) is 34.5 Å². The number of ether oxygens (including phenoxy) is 2. The van der Waals surface area contributed by atoms with E-state index in [1.54, 1.807) is 18.2 Å². The van der Waals surface area contributed by atoms with Crippen molar-refractivity contribution < 1.29 is 28.6 Å². The highest BCUT2D eigenvalue weighted by Gasteiger charge is 2.75. The zero-order valence-electron chi connectivity index (χ0n) is 25.0. The molecule has 1 aliphatic heterocycles. The smallest absolute Gasteiger partial charge is 0.188 e. The average molecular weight is 586 g/mol. The summed E-state index contributed by atoms with van der Waals surface area (Å²) < 4.78 is 28.9. The van der Waals surface area contributed by atoms with Gasteiger partial charge in [0.25, 0.3) is 0 Å². The summed E-state index contributed by atoms with van der Waals surface area (Å²) in [6.07, 6.45) is 6.56. The fourth-order valence-electron chi connectivity index (χ4n) is 9.71. The Bertz CT molecular complexity index is 1550. The molecule has 1 saturated heterocycles. The van der Waals surface area contributed by atoms with Gasteiger partial charge in [-0.15, -0.1) is 0 Å². The molecule has 4 aliphatic carbocycles. The summed E-state index contributed by atoms with van der Waals surface area (Å²) in [5, 5.41) is 11.8. The molecule has 3 saturated carbocycles. The van der Waals surface area contributed by atoms with Crippen molar-refractivity contribution in [1.29, 1.82) is 0 Å². The van der Waals surface area contributed by atoms with Crippen LogP contribution in [0.5, 0.6) is 0 Å². The summed E-state index contributed by atoms with van der Waals surface area (Å²) in [6.45, 7) is 6.05. The number of nitrogens with two attached hydrogens (primary N) is 1. The molecule has 7 rings (SSSR count). The van der Waals surface area contributed by atoms with E-state index < -0.39 is 40.7 Å². The number of fused-ring (bicyclic) bond motifs is 7. The highest BCUT2D eigenvalue weighted by molar-refractivity contribution is 6.01. The molecule has 0 bridgehead atoms. The molecule has 226 valence electrons. The number of aliphatic hydroxyl groups is 1. The van der Waals surface area contributed by atoms with Crippen LogP contribution in [0.4, 0.5) is 10.1 Å². The average Bonchev–Trinajstić information content (AvgIpc) is 3.47. The number of carbonyl (C=O) groups is 2. The maximum atomic E-state index is 15.7. The standard InChI is InChI=1S/C36H40FNO5/c1-4-30(41)36-31(42-33(43-36)26-11-7-21(16-28(26)37)15-20-5-9-23(38)10-6-20)18-27-25-12-8-22-17-24(39)13-14-34(22,2)32(25)29(40)19-35(27,36)3/h5-7,9-11,13-14,16-17,25,27,29,31-33,40H,4,8,12,15,18-19,38H2,1-3H3/t25-,27-,29-,31?,32+,33?,34-,35-,36+/m0/s1. The summed E-state index contributed by atoms with van der Waals surface area (Å²) >= 11 is 0. The van der Waals surface area contributed by atoms with Crippen molar-refractivity contribution in [2.24, 2.45) is 28.6 Å². The van der Waals surface area contributed by atoms with Crippen LogP contribution in [0.1, 0.15) is 75.9 Å². The summed E-state index contributed by atoms with van der Waals surface area (Å²) in [5.74, 6) is -0.330. The van der Waals surface area contributed by atoms with Gasteiger partial charge in [0.15, 0.2) is 23.5 Å². The van der Waals surface area contributed by atoms with Crippen LogP contribution in [0.2, 0.25) is 0 Å². The van der Waals surface area contributed by atoms with Crippen molar-refractivity contribution in [3.63, 3.8) is 0 Å². The third-order valence-electron chi connectivity index (χ3n) is 11.7. The molecule has 0 amide bonds. The number of allylic oxidation sites excluding steroid dienone is 4. The van der Waals surface area contributed by atoms with Crippen molar-refractivity contribution in [2.75, 3.05) is 5.73 Å². The Labute approximate surface area is 252 Å². The molecule has 0 aromatic heterocycles. The molecule has 6 nitrogen and oxygen atoms in total. The van der Waals surface area contributed by atoms with Crippen molar-refractivity contribution in [2.45, 2.75) is 83.4 Å². The van der Waals surface area contributed by atoms with E-state index in [1.807, 2.05) is 43.3 Å². The number of halogens is 1. The molecule has 5 aliphatic rings. The fourth-order valence-corrected chi connectivity index (χ4v) is 9.71. The van der Waals surface area contributed by atoms with Crippen molar-refractivity contribution in [3.05, 3.63) is 88.8 Å². The van der Waals surface area contributed by atoms with Crippen LogP contribution in [0.25, 0.3) is 0 Å². The highest BCUT2D eigenvalue weighted by atomic mass is 19.1. The number of nitrogen functional groups attached to an aromatic ring is 1. The highest BCUT2D eigenvalue weighted by Crippen LogP contribution is 2.70. The van der Waals surface area contributed by atoms with Gasteiger partial charge in [0, 0.05) is 34.4 Å². The zero-order valence-corrected chi connectivity index (χ0v) is 25.0. The Hall–Kier alpha value is -3.13. The first-order chi connectivity index (χ1) is 20.5. The second-order valence-corrected chi connectivity index (χ2v) is 13.8. The minimum atomic E-state index is -1.27. The van der Waals surface area contributed by atoms with E-state index in [9.17, 15) is 14.7 Å². The number of ketones is 2. The van der Waals surface area contributed by atoms with Gasteiger partial charge in [-0.2, -0.15) is 0 Å². The Morgan fingerprint density at radius 1 is 1.14 bits per heavy atom. The Kier molecular flexibility index (Phi) is 6.62. The first kappa shape index (κ1) is 28.6. The van der Waals surface area contributed by atoms with E-state index in [0.717, 1.165) is 29.5 Å². The molecule has 9 atom stereocenters. The van der Waals surface area contributed by atoms with Gasteiger partial charge in [-0.1, -0.05) is 56.7 Å². The second-order valence-electron chi connectivity index (χ2n) is 13.8. The SMILES string of the molecule is CCC(=O)[C@@]12OC(c3ccc(Cc4ccc(N)cc4)cc3F)OC1C[C@H]1[C@@H]3CCC4=CC(=O)C=C[C@]4(C)[C@H]3[C@@H](O)C[C@@]12C. The van der Waals surface area contributed by atoms with E-state index in [2.05, 4.69) is 13.8 Å². The molecular formula is C36H40FNO5. The Morgan fingerprint density at radius 3 is 2.60 bits per heavy atom. The van der Waals surface area contributed by atoms with E-state index in [-0.39, 0.29) is 41.3 Å². The van der Waals surface area contributed by atoms with Crippen LogP contribution >= 0.6 is 0 Å². The quantitative estimate of drug-likeness (QED) is 0.417. The molecule has 7 heteroatoms. The molecule has 1 heterocycles. The Balaban J connectivity index is 1.19. The van der Waals surface area contributed by atoms with Gasteiger partial charge < -0.3 is 20.3 Å². The summed E-state index contributed by atoms with van der Waals surface area (Å²) in [4.78, 5) is 26.1. The van der Waals surface area contributed by atoms with Gasteiger partial charge in [0.1, 0.15) is 5.82 Å². The molecule has 3 N–H and O–H groups in total.